The molecule has 16 heavy (non-hydrogen) atoms. The molecule has 1 unspecified atom stereocenters. The van der Waals surface area contributed by atoms with Crippen molar-refractivity contribution >= 4 is 11.3 Å². The van der Waals surface area contributed by atoms with Crippen LogP contribution in [-0.4, -0.2) is 39.6 Å². The normalized spacial score (nSPS) is 21.9. The van der Waals surface area contributed by atoms with E-state index in [1.54, 1.807) is 10.7 Å². The molecular weight excluding hydrogens is 202 g/mol. The maximum absolute atomic E-state index is 5.68. The highest BCUT2D eigenvalue weighted by Gasteiger charge is 2.23. The molecule has 0 spiro atoms. The fourth-order valence-electron chi connectivity index (χ4n) is 2.29. The number of nitrogens with two attached hydrogens (primary N) is 1. The molecular formula is C11H15N5. The molecule has 2 N–H and O–H groups in total. The Morgan fingerprint density at radius 3 is 3.12 bits per heavy atom. The van der Waals surface area contributed by atoms with Crippen LogP contribution in [0.5, 0.6) is 0 Å². The van der Waals surface area contributed by atoms with Gasteiger partial charge in [-0.2, -0.15) is 5.10 Å². The zero-order chi connectivity index (χ0) is 11.1. The molecule has 1 aliphatic rings. The summed E-state index contributed by atoms with van der Waals surface area (Å²) in [4.78, 5) is 6.58. The molecule has 0 aliphatic carbocycles. The highest BCUT2D eigenvalue weighted by molar-refractivity contribution is 5.45. The van der Waals surface area contributed by atoms with Crippen molar-refractivity contribution in [3.63, 3.8) is 0 Å². The molecule has 1 saturated heterocycles. The number of nitrogen functional groups attached to an aromatic ring is 1. The Kier molecular flexibility index (Phi) is 2.07. The summed E-state index contributed by atoms with van der Waals surface area (Å²) in [5, 5.41) is 4.54. The van der Waals surface area contributed by atoms with E-state index in [1.165, 1.54) is 6.42 Å². The number of nitrogens with zero attached hydrogens (tertiary/aromatic N) is 4. The van der Waals surface area contributed by atoms with Crippen molar-refractivity contribution in [1.29, 1.82) is 0 Å². The lowest BCUT2D eigenvalue weighted by atomic mass is 10.1. The van der Waals surface area contributed by atoms with Crippen LogP contribution in [0, 0.1) is 0 Å². The van der Waals surface area contributed by atoms with E-state index < -0.39 is 0 Å². The molecule has 1 atom stereocenters. The quantitative estimate of drug-likeness (QED) is 0.765. The lowest BCUT2D eigenvalue weighted by Gasteiger charge is -2.06. The average Bonchev–Trinajstić information content (AvgIpc) is 2.83. The predicted octanol–water partition coefficient (Wildman–Crippen LogP) is 0.731. The molecule has 2 aromatic heterocycles. The molecule has 3 rings (SSSR count). The first-order valence-corrected chi connectivity index (χ1v) is 5.52. The molecule has 0 bridgehead atoms. The standard InChI is InChI=1S/C11H15N5/c1-15-3-2-8(6-15)10-4-11-13-5-9(12)7-16(11)14-10/h4-5,7-8H,2-3,6,12H2,1H3. The minimum atomic E-state index is 0.535. The van der Waals surface area contributed by atoms with Gasteiger partial charge in [0.1, 0.15) is 0 Å². The summed E-state index contributed by atoms with van der Waals surface area (Å²) in [6.07, 6.45) is 4.65. The minimum Gasteiger partial charge on any atom is -0.396 e. The number of hydrogen-bond donors (Lipinski definition) is 1. The highest BCUT2D eigenvalue weighted by atomic mass is 15.3. The van der Waals surface area contributed by atoms with Crippen molar-refractivity contribution in [3.05, 3.63) is 24.2 Å². The van der Waals surface area contributed by atoms with Crippen LogP contribution in [0.4, 0.5) is 5.69 Å². The Morgan fingerprint density at radius 2 is 2.38 bits per heavy atom. The van der Waals surface area contributed by atoms with Gasteiger partial charge in [-0.1, -0.05) is 0 Å². The van der Waals surface area contributed by atoms with Gasteiger partial charge in [0.05, 0.1) is 23.8 Å². The molecule has 3 heterocycles. The van der Waals surface area contributed by atoms with Gasteiger partial charge < -0.3 is 10.6 Å². The van der Waals surface area contributed by atoms with Crippen LogP contribution in [0.15, 0.2) is 18.5 Å². The molecule has 5 heteroatoms. The van der Waals surface area contributed by atoms with E-state index in [4.69, 9.17) is 5.73 Å². The van der Waals surface area contributed by atoms with Crippen LogP contribution in [0.25, 0.3) is 5.65 Å². The van der Waals surface area contributed by atoms with Crippen molar-refractivity contribution in [1.82, 2.24) is 19.5 Å². The van der Waals surface area contributed by atoms with Gasteiger partial charge in [0.25, 0.3) is 0 Å². The van der Waals surface area contributed by atoms with E-state index in [9.17, 15) is 0 Å². The summed E-state index contributed by atoms with van der Waals surface area (Å²) in [6.45, 7) is 2.23. The summed E-state index contributed by atoms with van der Waals surface area (Å²) >= 11 is 0. The molecule has 1 aliphatic heterocycles. The fraction of sp³-hybridized carbons (Fsp3) is 0.455. The van der Waals surface area contributed by atoms with E-state index in [2.05, 4.69) is 28.1 Å². The van der Waals surface area contributed by atoms with Gasteiger partial charge in [0.2, 0.25) is 0 Å². The van der Waals surface area contributed by atoms with Gasteiger partial charge in [0.15, 0.2) is 5.65 Å². The maximum Gasteiger partial charge on any atom is 0.155 e. The van der Waals surface area contributed by atoms with Gasteiger partial charge in [-0.05, 0) is 20.0 Å². The number of likely N-dealkylation sites (N-methyl/N-ethyl adjacent to an activating group) is 1. The number of hydrogen-bond acceptors (Lipinski definition) is 4. The van der Waals surface area contributed by atoms with Crippen molar-refractivity contribution in [2.45, 2.75) is 12.3 Å². The first kappa shape index (κ1) is 9.59. The third-order valence-electron chi connectivity index (χ3n) is 3.16. The third-order valence-corrected chi connectivity index (χ3v) is 3.16. The van der Waals surface area contributed by atoms with E-state index in [-0.39, 0.29) is 0 Å². The van der Waals surface area contributed by atoms with Gasteiger partial charge in [-0.15, -0.1) is 0 Å². The van der Waals surface area contributed by atoms with Gasteiger partial charge in [-0.3, -0.25) is 0 Å². The topological polar surface area (TPSA) is 59.5 Å². The molecule has 0 amide bonds. The van der Waals surface area contributed by atoms with Crippen molar-refractivity contribution in [3.8, 4) is 0 Å². The van der Waals surface area contributed by atoms with Gasteiger partial charge >= 0.3 is 0 Å². The summed E-state index contributed by atoms with van der Waals surface area (Å²) in [6, 6.07) is 2.06. The number of likely N-dealkylation sites (tertiary alicyclic amines) is 1. The second-order valence-corrected chi connectivity index (χ2v) is 4.51. The van der Waals surface area contributed by atoms with Crippen molar-refractivity contribution in [2.75, 3.05) is 25.9 Å². The van der Waals surface area contributed by atoms with Gasteiger partial charge in [-0.25, -0.2) is 9.50 Å². The number of rotatable bonds is 1. The Labute approximate surface area is 93.9 Å². The molecule has 0 saturated carbocycles. The van der Waals surface area contributed by atoms with Crippen LogP contribution < -0.4 is 5.73 Å². The first-order valence-electron chi connectivity index (χ1n) is 5.52. The lowest BCUT2D eigenvalue weighted by Crippen LogP contribution is -2.13. The third kappa shape index (κ3) is 1.53. The summed E-state index contributed by atoms with van der Waals surface area (Å²) in [5.74, 6) is 0.535. The van der Waals surface area contributed by atoms with E-state index in [0.717, 1.165) is 24.4 Å². The largest absolute Gasteiger partial charge is 0.396 e. The molecule has 84 valence electrons. The zero-order valence-corrected chi connectivity index (χ0v) is 9.30. The lowest BCUT2D eigenvalue weighted by molar-refractivity contribution is 0.410. The minimum absolute atomic E-state index is 0.535. The summed E-state index contributed by atoms with van der Waals surface area (Å²) < 4.78 is 1.77. The van der Waals surface area contributed by atoms with Crippen LogP contribution in [0.3, 0.4) is 0 Å². The smallest absolute Gasteiger partial charge is 0.155 e. The monoisotopic (exact) mass is 217 g/mol. The molecule has 0 aromatic carbocycles. The number of anilines is 1. The highest BCUT2D eigenvalue weighted by Crippen LogP contribution is 2.25. The molecule has 0 radical (unpaired) electrons. The van der Waals surface area contributed by atoms with E-state index in [0.29, 0.717) is 11.6 Å². The SMILES string of the molecule is CN1CCC(c2cc3ncc(N)cn3n2)C1. The Balaban J connectivity index is 1.99. The van der Waals surface area contributed by atoms with Crippen LogP contribution in [0.1, 0.15) is 18.0 Å². The average molecular weight is 217 g/mol. The molecule has 5 nitrogen and oxygen atoms in total. The number of aromatic nitrogens is 3. The van der Waals surface area contributed by atoms with Gasteiger partial charge in [0, 0.05) is 18.5 Å². The summed E-state index contributed by atoms with van der Waals surface area (Å²) in [7, 11) is 2.14. The molecule has 2 aromatic rings. The Bertz CT molecular complexity index is 518. The Hall–Kier alpha value is -1.62. The van der Waals surface area contributed by atoms with Crippen LogP contribution in [-0.2, 0) is 0 Å². The predicted molar refractivity (Wildman–Crippen MR) is 62.3 cm³/mol. The van der Waals surface area contributed by atoms with E-state index in [1.807, 2.05) is 6.20 Å². The zero-order valence-electron chi connectivity index (χ0n) is 9.30. The molecule has 1 fully saturated rings. The first-order chi connectivity index (χ1) is 7.72. The fourth-order valence-corrected chi connectivity index (χ4v) is 2.29. The Morgan fingerprint density at radius 1 is 1.50 bits per heavy atom. The number of fused-ring (bicyclic) bond motifs is 1. The van der Waals surface area contributed by atoms with Crippen LogP contribution in [0.2, 0.25) is 0 Å². The van der Waals surface area contributed by atoms with Crippen molar-refractivity contribution in [2.24, 2.45) is 0 Å². The second kappa shape index (κ2) is 3.45. The van der Waals surface area contributed by atoms with Crippen molar-refractivity contribution < 1.29 is 0 Å². The summed E-state index contributed by atoms with van der Waals surface area (Å²) in [5.41, 5.74) is 8.32. The maximum atomic E-state index is 5.68. The van der Waals surface area contributed by atoms with E-state index >= 15 is 0 Å². The van der Waals surface area contributed by atoms with Crippen LogP contribution >= 0.6 is 0 Å². The second-order valence-electron chi connectivity index (χ2n) is 4.51.